The Labute approximate surface area is 169 Å². The maximum absolute atomic E-state index is 13.1. The summed E-state index contributed by atoms with van der Waals surface area (Å²) in [6.07, 6.45) is 0. The number of amides is 1. The van der Waals surface area contributed by atoms with Gasteiger partial charge < -0.3 is 15.0 Å². The topological polar surface area (TPSA) is 56.3 Å². The fourth-order valence-electron chi connectivity index (χ4n) is 4.42. The number of nitrogens with one attached hydrogen (secondary N) is 1. The van der Waals surface area contributed by atoms with E-state index in [4.69, 9.17) is 0 Å². The van der Waals surface area contributed by atoms with Crippen LogP contribution in [0.15, 0.2) is 72.8 Å². The van der Waals surface area contributed by atoms with Crippen LogP contribution in [-0.4, -0.2) is 34.0 Å². The molecule has 4 aromatic rings. The number of benzene rings is 3. The van der Waals surface area contributed by atoms with Crippen molar-refractivity contribution in [1.82, 2.24) is 9.88 Å². The number of rotatable bonds is 4. The van der Waals surface area contributed by atoms with Gasteiger partial charge >= 0.3 is 0 Å². The number of β-amino-alcohol motifs (C(OH)–C–C–N with tert-alkyl or cyclic N) is 1. The van der Waals surface area contributed by atoms with Crippen LogP contribution in [0.4, 0.5) is 0 Å². The van der Waals surface area contributed by atoms with E-state index in [-0.39, 0.29) is 18.6 Å². The Morgan fingerprint density at radius 2 is 1.69 bits per heavy atom. The van der Waals surface area contributed by atoms with E-state index in [2.05, 4.69) is 48.3 Å². The van der Waals surface area contributed by atoms with Crippen molar-refractivity contribution in [2.45, 2.75) is 13.0 Å². The molecule has 0 fully saturated rings. The lowest BCUT2D eigenvalue weighted by Gasteiger charge is -2.26. The van der Waals surface area contributed by atoms with Gasteiger partial charge in [-0.15, -0.1) is 0 Å². The molecule has 0 saturated heterocycles. The Morgan fingerprint density at radius 3 is 2.48 bits per heavy atom. The van der Waals surface area contributed by atoms with Crippen molar-refractivity contribution in [2.75, 3.05) is 13.2 Å². The van der Waals surface area contributed by atoms with Gasteiger partial charge in [0.25, 0.3) is 5.91 Å². The molecular formula is C25H22N2O2. The maximum Gasteiger partial charge on any atom is 0.255 e. The fraction of sp³-hybridized carbons (Fsp3) is 0.160. The van der Waals surface area contributed by atoms with E-state index in [0.717, 1.165) is 33.3 Å². The molecule has 0 saturated carbocycles. The van der Waals surface area contributed by atoms with Crippen LogP contribution in [-0.2, 0) is 0 Å². The zero-order valence-electron chi connectivity index (χ0n) is 16.2. The van der Waals surface area contributed by atoms with Gasteiger partial charge in [-0.1, -0.05) is 66.2 Å². The molecule has 4 heteroatoms. The zero-order chi connectivity index (χ0) is 20.0. The lowest BCUT2D eigenvalue weighted by Crippen LogP contribution is -2.31. The second kappa shape index (κ2) is 6.90. The van der Waals surface area contributed by atoms with Crippen LogP contribution in [0.3, 0.4) is 0 Å². The minimum atomic E-state index is -0.238. The van der Waals surface area contributed by atoms with Gasteiger partial charge in [-0.05, 0) is 30.2 Å². The molecule has 29 heavy (non-hydrogen) atoms. The quantitative estimate of drug-likeness (QED) is 0.538. The van der Waals surface area contributed by atoms with Gasteiger partial charge in [0.05, 0.1) is 18.3 Å². The maximum atomic E-state index is 13.1. The largest absolute Gasteiger partial charge is 0.395 e. The van der Waals surface area contributed by atoms with E-state index in [1.807, 2.05) is 36.4 Å². The van der Waals surface area contributed by atoms with E-state index < -0.39 is 0 Å². The Kier molecular flexibility index (Phi) is 4.22. The molecule has 0 bridgehead atoms. The monoisotopic (exact) mass is 382 g/mol. The molecule has 144 valence electrons. The summed E-state index contributed by atoms with van der Waals surface area (Å²) in [5.41, 5.74) is 7.13. The highest BCUT2D eigenvalue weighted by Gasteiger charge is 2.39. The normalized spacial score (nSPS) is 15.9. The van der Waals surface area contributed by atoms with Crippen LogP contribution >= 0.6 is 0 Å². The molecule has 2 heterocycles. The van der Waals surface area contributed by atoms with E-state index in [1.165, 1.54) is 5.56 Å². The third kappa shape index (κ3) is 2.76. The Bertz CT molecular complexity index is 1210. The molecule has 0 radical (unpaired) electrons. The average molecular weight is 382 g/mol. The van der Waals surface area contributed by atoms with E-state index >= 15 is 0 Å². The zero-order valence-corrected chi connectivity index (χ0v) is 16.2. The van der Waals surface area contributed by atoms with Crippen LogP contribution in [0.5, 0.6) is 0 Å². The number of nitrogens with zero attached hydrogens (tertiary/aromatic N) is 1. The lowest BCUT2D eigenvalue weighted by atomic mass is 9.93. The number of hydrogen-bond donors (Lipinski definition) is 2. The van der Waals surface area contributed by atoms with Crippen LogP contribution in [0.1, 0.15) is 33.1 Å². The first-order valence-electron chi connectivity index (χ1n) is 9.87. The number of aliphatic hydroxyl groups is 1. The summed E-state index contributed by atoms with van der Waals surface area (Å²) in [6, 6.07) is 24.2. The average Bonchev–Trinajstić information content (AvgIpc) is 3.25. The van der Waals surface area contributed by atoms with Crippen LogP contribution in [0, 0.1) is 6.92 Å². The molecule has 1 aliphatic heterocycles. The van der Waals surface area contributed by atoms with Crippen LogP contribution in [0.2, 0.25) is 0 Å². The number of carbonyl (C=O) groups excluding carboxylic acids is 1. The van der Waals surface area contributed by atoms with Crippen molar-refractivity contribution in [3.8, 4) is 11.3 Å². The van der Waals surface area contributed by atoms with Gasteiger partial charge in [0, 0.05) is 28.6 Å². The predicted molar refractivity (Wildman–Crippen MR) is 115 cm³/mol. The van der Waals surface area contributed by atoms with Gasteiger partial charge in [0.1, 0.15) is 0 Å². The van der Waals surface area contributed by atoms with E-state index in [9.17, 15) is 9.90 Å². The number of fused-ring (bicyclic) bond motifs is 2. The SMILES string of the molecule is Cc1ccc(-c2[nH]c3ccccc3c2[C@H]2c3ccccc3C(=O)N2CCO)cc1. The molecule has 4 nitrogen and oxygen atoms in total. The number of para-hydroxylation sites is 1. The fourth-order valence-corrected chi connectivity index (χ4v) is 4.42. The van der Waals surface area contributed by atoms with Gasteiger partial charge in [-0.2, -0.15) is 0 Å². The summed E-state index contributed by atoms with van der Waals surface area (Å²) in [7, 11) is 0. The summed E-state index contributed by atoms with van der Waals surface area (Å²) in [6.45, 7) is 2.30. The number of hydrogen-bond acceptors (Lipinski definition) is 2. The molecule has 5 rings (SSSR count). The van der Waals surface area contributed by atoms with Gasteiger partial charge in [0.2, 0.25) is 0 Å². The Balaban J connectivity index is 1.80. The number of H-pyrrole nitrogens is 1. The summed E-state index contributed by atoms with van der Waals surface area (Å²) in [5, 5.41) is 10.8. The molecule has 0 aliphatic carbocycles. The number of aliphatic hydroxyl groups excluding tert-OH is 1. The van der Waals surface area contributed by atoms with Crippen molar-refractivity contribution in [2.24, 2.45) is 0 Å². The van der Waals surface area contributed by atoms with Crippen molar-refractivity contribution >= 4 is 16.8 Å². The number of carbonyl (C=O) groups is 1. The second-order valence-corrected chi connectivity index (χ2v) is 7.54. The third-order valence-electron chi connectivity index (χ3n) is 5.76. The Morgan fingerprint density at radius 1 is 0.966 bits per heavy atom. The molecule has 1 aromatic heterocycles. The van der Waals surface area contributed by atoms with Gasteiger partial charge in [0.15, 0.2) is 0 Å². The minimum absolute atomic E-state index is 0.0280. The summed E-state index contributed by atoms with van der Waals surface area (Å²) in [5.74, 6) is -0.0280. The van der Waals surface area contributed by atoms with Crippen molar-refractivity contribution in [3.05, 3.63) is 95.1 Å². The molecule has 1 atom stereocenters. The highest BCUT2D eigenvalue weighted by molar-refractivity contribution is 6.02. The standard InChI is InChI=1S/C25H22N2O2/c1-16-10-12-17(13-11-16)23-22(20-8-4-5-9-21(20)26-23)24-18-6-2-3-7-19(18)25(29)27(24)14-15-28/h2-13,24,26,28H,14-15H2,1H3/t24-/m1/s1. The molecule has 0 spiro atoms. The van der Waals surface area contributed by atoms with Crippen LogP contribution < -0.4 is 0 Å². The Hall–Kier alpha value is -3.37. The van der Waals surface area contributed by atoms with Crippen molar-refractivity contribution in [1.29, 1.82) is 0 Å². The first-order chi connectivity index (χ1) is 14.2. The summed E-state index contributed by atoms with van der Waals surface area (Å²) < 4.78 is 0. The van der Waals surface area contributed by atoms with Gasteiger partial charge in [-0.25, -0.2) is 0 Å². The molecule has 0 unspecified atom stereocenters. The second-order valence-electron chi connectivity index (χ2n) is 7.54. The first kappa shape index (κ1) is 17.7. The molecule has 2 N–H and O–H groups in total. The summed E-state index contributed by atoms with van der Waals surface area (Å²) in [4.78, 5) is 18.5. The summed E-state index contributed by atoms with van der Waals surface area (Å²) >= 11 is 0. The van der Waals surface area contributed by atoms with Crippen molar-refractivity contribution in [3.63, 3.8) is 0 Å². The number of aromatic nitrogens is 1. The lowest BCUT2D eigenvalue weighted by molar-refractivity contribution is 0.0713. The molecule has 1 aliphatic rings. The van der Waals surface area contributed by atoms with Crippen LogP contribution in [0.25, 0.3) is 22.2 Å². The predicted octanol–water partition coefficient (Wildman–Crippen LogP) is 4.68. The smallest absolute Gasteiger partial charge is 0.255 e. The van der Waals surface area contributed by atoms with Gasteiger partial charge in [-0.3, -0.25) is 4.79 Å². The highest BCUT2D eigenvalue weighted by Crippen LogP contribution is 2.45. The highest BCUT2D eigenvalue weighted by atomic mass is 16.3. The molecule has 1 amide bonds. The molecule has 3 aromatic carbocycles. The minimum Gasteiger partial charge on any atom is -0.395 e. The first-order valence-corrected chi connectivity index (χ1v) is 9.87. The number of aryl methyl sites for hydroxylation is 1. The van der Waals surface area contributed by atoms with E-state index in [0.29, 0.717) is 12.1 Å². The van der Waals surface area contributed by atoms with E-state index in [1.54, 1.807) is 4.90 Å². The molecular weight excluding hydrogens is 360 g/mol. The number of aromatic amines is 1. The third-order valence-corrected chi connectivity index (χ3v) is 5.76. The van der Waals surface area contributed by atoms with Crippen molar-refractivity contribution < 1.29 is 9.90 Å².